The SMILES string of the molecule is C#CCOC[C@H](NC)C(=O)NC(CCC(=O)NC(CCC(=O)OC(C)(C)C)C(CCC(=O)OC(C)(C)C)CC(=O)OC(C)(C)C)(CCC(=O)NC(CCC(=O)OC(C)(C)C)(CCC(=O)OC(C)(C)C)CCC(=O)OC(C)(C)C)CCC(=O)NC(CCC(=O)OC(C)(C)C)(CCC(=O)OC(C)(C)C)CCC(=O)OC(C)(C)C. The van der Waals surface area contributed by atoms with Crippen molar-refractivity contribution in [1.82, 2.24) is 26.6 Å². The minimum absolute atomic E-state index is 0.0472. The molecule has 0 heterocycles. The molecule has 0 rings (SSSR count). The van der Waals surface area contributed by atoms with Crippen LogP contribution < -0.4 is 26.6 Å². The monoisotopic (exact) mass is 1580 g/mol. The zero-order valence-electron chi connectivity index (χ0n) is 72.9. The highest BCUT2D eigenvalue weighted by molar-refractivity contribution is 5.84. The Kier molecular flexibility index (Phi) is 41.9. The molecule has 0 fully saturated rings. The number of carbonyl (C=O) groups excluding carboxylic acids is 13. The Bertz CT molecular complexity index is 2830. The molecule has 0 radical (unpaired) electrons. The summed E-state index contributed by atoms with van der Waals surface area (Å²) in [7, 11) is 1.48. The Morgan fingerprint density at radius 1 is 0.306 bits per heavy atom. The second kappa shape index (κ2) is 44.9. The Hall–Kier alpha value is -7.41. The maximum absolute atomic E-state index is 15.5. The van der Waals surface area contributed by atoms with Gasteiger partial charge in [0.2, 0.25) is 23.6 Å². The van der Waals surface area contributed by atoms with E-state index in [0.29, 0.717) is 0 Å². The van der Waals surface area contributed by atoms with Crippen LogP contribution >= 0.6 is 0 Å². The summed E-state index contributed by atoms with van der Waals surface area (Å²) in [5.74, 6) is -7.36. The van der Waals surface area contributed by atoms with Crippen LogP contribution in [-0.2, 0) is 110 Å². The number of nitrogens with one attached hydrogen (secondary N) is 5. The summed E-state index contributed by atoms with van der Waals surface area (Å²) in [6, 6.07) is -2.25. The number of hydrogen-bond acceptors (Lipinski definition) is 24. The molecule has 3 atom stereocenters. The number of likely N-dealkylation sites (N-methyl/N-ethyl adjacent to an activating group) is 1. The predicted molar refractivity (Wildman–Crippen MR) is 419 cm³/mol. The number of ether oxygens (including phenoxy) is 10. The van der Waals surface area contributed by atoms with Gasteiger partial charge in [0.15, 0.2) is 0 Å². The normalized spacial score (nSPS) is 13.6. The van der Waals surface area contributed by atoms with Crippen LogP contribution in [0.5, 0.6) is 0 Å². The molecule has 0 aromatic carbocycles. The van der Waals surface area contributed by atoms with Crippen molar-refractivity contribution in [2.45, 2.75) is 414 Å². The van der Waals surface area contributed by atoms with Crippen LogP contribution in [0.25, 0.3) is 0 Å². The first-order valence-electron chi connectivity index (χ1n) is 39.1. The zero-order valence-corrected chi connectivity index (χ0v) is 72.9. The number of terminal acetylenes is 1. The molecule has 0 spiro atoms. The van der Waals surface area contributed by atoms with Gasteiger partial charge >= 0.3 is 53.7 Å². The van der Waals surface area contributed by atoms with Crippen LogP contribution in [0.15, 0.2) is 0 Å². The van der Waals surface area contributed by atoms with Gasteiger partial charge in [-0.15, -0.1) is 6.42 Å². The minimum atomic E-state index is -1.83. The van der Waals surface area contributed by atoms with Gasteiger partial charge in [0, 0.05) is 93.3 Å². The molecule has 0 saturated carbocycles. The lowest BCUT2D eigenvalue weighted by molar-refractivity contribution is -0.159. The van der Waals surface area contributed by atoms with Crippen molar-refractivity contribution in [3.05, 3.63) is 0 Å². The van der Waals surface area contributed by atoms with Gasteiger partial charge in [-0.3, -0.25) is 62.3 Å². The minimum Gasteiger partial charge on any atom is -0.460 e. The molecular formula is C83H143N5O23. The van der Waals surface area contributed by atoms with Gasteiger partial charge in [0.25, 0.3) is 0 Å². The first-order chi connectivity index (χ1) is 50.2. The summed E-state index contributed by atoms with van der Waals surface area (Å²) >= 11 is 0. The molecule has 5 N–H and O–H groups in total. The molecule has 4 amide bonds. The Morgan fingerprint density at radius 3 is 0.802 bits per heavy atom. The standard InChI is InChI=1S/C83H143N5O23/c1-30-53-102-55-58(84-29)71(101)88-83(44-35-59(89)85-57(32-34-63(93)104-73(5,6)7)56(54-70(100)111-80(26,27)28)31-33-62(92)103-72(2,3)4,45-36-60(90)86-81(47-38-64(94)105-74(8,9)10,48-39-65(95)106-75(11,12)13)49-40-66(96)107-76(14,15)16)46-37-61(91)87-82(50-41-67(97)108-77(17,18)19,51-42-68(98)109-78(20,21)22)52-43-69(99)110-79(23,24)25/h1,56-58,84H,31-55H2,2-29H3,(H,85,89)(H,86,90)(H,87,91)(H,88,101)/t56?,57?,58-/m0/s1. The number of esters is 9. The number of carbonyl (C=O) groups is 13. The first kappa shape index (κ1) is 104. The molecule has 28 heteroatoms. The van der Waals surface area contributed by atoms with Gasteiger partial charge in [-0.2, -0.15) is 0 Å². The quantitative estimate of drug-likeness (QED) is 0.0164. The Balaban J connectivity index is 9.32. The lowest BCUT2D eigenvalue weighted by atomic mass is 9.80. The van der Waals surface area contributed by atoms with Crippen molar-refractivity contribution in [2.75, 3.05) is 20.3 Å². The zero-order chi connectivity index (χ0) is 86.2. The van der Waals surface area contributed by atoms with Crippen LogP contribution in [0.2, 0.25) is 0 Å². The summed E-state index contributed by atoms with van der Waals surface area (Å²) in [4.78, 5) is 185. The smallest absolute Gasteiger partial charge is 0.306 e. The van der Waals surface area contributed by atoms with Crippen LogP contribution in [0.1, 0.15) is 335 Å². The lowest BCUT2D eigenvalue weighted by Gasteiger charge is -2.39. The van der Waals surface area contributed by atoms with Gasteiger partial charge in [-0.1, -0.05) is 5.92 Å². The van der Waals surface area contributed by atoms with Crippen molar-refractivity contribution in [3.63, 3.8) is 0 Å². The van der Waals surface area contributed by atoms with E-state index in [1.54, 1.807) is 187 Å². The molecule has 0 aliphatic rings. The van der Waals surface area contributed by atoms with Gasteiger partial charge in [0.1, 0.15) is 63.1 Å². The number of rotatable bonds is 45. The van der Waals surface area contributed by atoms with Crippen molar-refractivity contribution in [1.29, 1.82) is 0 Å². The maximum Gasteiger partial charge on any atom is 0.306 e. The average Bonchev–Trinajstić information content (AvgIpc) is 0.822. The Labute approximate surface area is 663 Å². The van der Waals surface area contributed by atoms with E-state index in [4.69, 9.17) is 53.8 Å². The third kappa shape index (κ3) is 53.3. The van der Waals surface area contributed by atoms with Gasteiger partial charge in [0.05, 0.1) is 13.0 Å². The van der Waals surface area contributed by atoms with E-state index in [2.05, 4.69) is 32.5 Å². The molecule has 111 heavy (non-hydrogen) atoms. The summed E-state index contributed by atoms with van der Waals surface area (Å²) < 4.78 is 57.1. The van der Waals surface area contributed by atoms with E-state index in [9.17, 15) is 43.2 Å². The fourth-order valence-electron chi connectivity index (χ4n) is 11.8. The lowest BCUT2D eigenvalue weighted by Crippen LogP contribution is -2.57. The molecule has 0 aliphatic carbocycles. The highest BCUT2D eigenvalue weighted by atomic mass is 16.6. The van der Waals surface area contributed by atoms with Crippen LogP contribution in [0.3, 0.4) is 0 Å². The average molecular weight is 1580 g/mol. The topological polar surface area (TPSA) is 374 Å². The Morgan fingerprint density at radius 2 is 0.541 bits per heavy atom. The predicted octanol–water partition coefficient (Wildman–Crippen LogP) is 11.9. The second-order valence-corrected chi connectivity index (χ2v) is 38.0. The van der Waals surface area contributed by atoms with E-state index < -0.39 is 194 Å². The van der Waals surface area contributed by atoms with Crippen molar-refractivity contribution >= 4 is 77.4 Å². The summed E-state index contributed by atoms with van der Waals surface area (Å²) in [5, 5.41) is 15.2. The third-order valence-corrected chi connectivity index (χ3v) is 16.2. The van der Waals surface area contributed by atoms with E-state index >= 15 is 19.2 Å². The molecular weight excluding hydrogens is 1430 g/mol. The maximum atomic E-state index is 15.5. The van der Waals surface area contributed by atoms with E-state index in [1.165, 1.54) is 7.05 Å². The highest BCUT2D eigenvalue weighted by Crippen LogP contribution is 2.35. The molecule has 0 bridgehead atoms. The van der Waals surface area contributed by atoms with Crippen molar-refractivity contribution < 1.29 is 110 Å². The fraction of sp³-hybridized carbons (Fsp3) is 0.819. The summed E-state index contributed by atoms with van der Waals surface area (Å²) in [6.07, 6.45) is -1.19. The van der Waals surface area contributed by atoms with Crippen molar-refractivity contribution in [2.24, 2.45) is 5.92 Å². The molecule has 0 saturated heterocycles. The summed E-state index contributed by atoms with van der Waals surface area (Å²) in [5.41, 5.74) is -13.4. The third-order valence-electron chi connectivity index (χ3n) is 16.2. The second-order valence-electron chi connectivity index (χ2n) is 38.0. The molecule has 28 nitrogen and oxygen atoms in total. The molecule has 0 aromatic heterocycles. The van der Waals surface area contributed by atoms with Gasteiger partial charge < -0.3 is 74.0 Å². The van der Waals surface area contributed by atoms with Crippen LogP contribution in [0, 0.1) is 18.3 Å². The van der Waals surface area contributed by atoms with E-state index in [-0.39, 0.29) is 129 Å². The number of amides is 4. The fourth-order valence-corrected chi connectivity index (χ4v) is 11.8. The van der Waals surface area contributed by atoms with E-state index in [1.807, 2.05) is 0 Å². The molecule has 0 aromatic rings. The van der Waals surface area contributed by atoms with Gasteiger partial charge in [-0.25, -0.2) is 0 Å². The summed E-state index contributed by atoms with van der Waals surface area (Å²) in [6.45, 7) is 44.9. The highest BCUT2D eigenvalue weighted by Gasteiger charge is 2.42. The van der Waals surface area contributed by atoms with E-state index in [0.717, 1.165) is 0 Å². The molecule has 638 valence electrons. The van der Waals surface area contributed by atoms with Crippen LogP contribution in [-0.4, -0.2) is 177 Å². The largest absolute Gasteiger partial charge is 0.460 e. The molecule has 2 unspecified atom stereocenters. The van der Waals surface area contributed by atoms with Gasteiger partial charge in [-0.05, 0) is 271 Å². The molecule has 0 aliphatic heterocycles. The first-order valence-corrected chi connectivity index (χ1v) is 39.1. The van der Waals surface area contributed by atoms with Crippen LogP contribution in [0.4, 0.5) is 0 Å². The van der Waals surface area contributed by atoms with Crippen molar-refractivity contribution in [3.8, 4) is 12.3 Å². The number of hydrogen-bond donors (Lipinski definition) is 5.